The molecule has 3 rings (SSSR count). The third-order valence-corrected chi connectivity index (χ3v) is 5.71. The number of rotatable bonds is 4. The van der Waals surface area contributed by atoms with Crippen LogP contribution in [0.1, 0.15) is 10.4 Å². The first-order valence-corrected chi connectivity index (χ1v) is 10.1. The van der Waals surface area contributed by atoms with Crippen LogP contribution < -0.4 is 5.32 Å². The predicted molar refractivity (Wildman–Crippen MR) is 95.1 cm³/mol. The maximum atomic E-state index is 12.1. The van der Waals surface area contributed by atoms with E-state index in [1.165, 1.54) is 18.2 Å². The number of carbonyl (C=O) groups excluding carboxylic acids is 1. The smallest absolute Gasteiger partial charge is 0.322 e. The molecule has 0 atom stereocenters. The molecule has 1 N–H and O–H groups in total. The summed E-state index contributed by atoms with van der Waals surface area (Å²) in [4.78, 5) is 12.2. The fourth-order valence-electron chi connectivity index (χ4n) is 2.01. The highest BCUT2D eigenvalue weighted by Crippen LogP contribution is 2.32. The Morgan fingerprint density at radius 3 is 2.60 bits per heavy atom. The molecule has 25 heavy (non-hydrogen) atoms. The van der Waals surface area contributed by atoms with Gasteiger partial charge < -0.3 is 4.42 Å². The first-order chi connectivity index (χ1) is 11.8. The van der Waals surface area contributed by atoms with Crippen LogP contribution in [0, 0.1) is 0 Å². The average molecular weight is 418 g/mol. The molecule has 0 unspecified atom stereocenters. The first-order valence-electron chi connectivity index (χ1n) is 6.65. The molecule has 0 bridgehead atoms. The van der Waals surface area contributed by atoms with Gasteiger partial charge in [0, 0.05) is 6.26 Å². The molecule has 0 saturated heterocycles. The van der Waals surface area contributed by atoms with Gasteiger partial charge in [-0.3, -0.25) is 10.1 Å². The summed E-state index contributed by atoms with van der Waals surface area (Å²) in [5, 5.41) is 9.88. The Bertz CT molecular complexity index is 1060. The van der Waals surface area contributed by atoms with Crippen molar-refractivity contribution < 1.29 is 17.6 Å². The van der Waals surface area contributed by atoms with Gasteiger partial charge in [-0.1, -0.05) is 40.4 Å². The van der Waals surface area contributed by atoms with Crippen LogP contribution in [-0.4, -0.2) is 30.8 Å². The van der Waals surface area contributed by atoms with Crippen molar-refractivity contribution in [2.45, 2.75) is 4.90 Å². The Hall–Kier alpha value is -1.94. The highest BCUT2D eigenvalue weighted by molar-refractivity contribution is 7.90. The van der Waals surface area contributed by atoms with Crippen molar-refractivity contribution in [2.75, 3.05) is 11.6 Å². The summed E-state index contributed by atoms with van der Waals surface area (Å²) in [7, 11) is -3.49. The summed E-state index contributed by atoms with van der Waals surface area (Å²) in [5.74, 6) is -0.606. The van der Waals surface area contributed by atoms with Crippen molar-refractivity contribution in [3.63, 3.8) is 0 Å². The van der Waals surface area contributed by atoms with Gasteiger partial charge >= 0.3 is 6.01 Å². The number of nitrogens with zero attached hydrogens (tertiary/aromatic N) is 2. The number of benzene rings is 1. The van der Waals surface area contributed by atoms with E-state index in [2.05, 4.69) is 15.5 Å². The number of thiophene rings is 1. The molecule has 0 aliphatic rings. The molecule has 1 amide bonds. The zero-order valence-corrected chi connectivity index (χ0v) is 15.6. The quantitative estimate of drug-likeness (QED) is 0.692. The first kappa shape index (κ1) is 17.9. The van der Waals surface area contributed by atoms with Gasteiger partial charge in [0.15, 0.2) is 9.84 Å². The minimum absolute atomic E-state index is 0.0363. The molecule has 0 saturated carbocycles. The maximum Gasteiger partial charge on any atom is 0.322 e. The van der Waals surface area contributed by atoms with E-state index in [9.17, 15) is 13.2 Å². The maximum absolute atomic E-state index is 12.1. The molecule has 0 fully saturated rings. The molecule has 7 nitrogen and oxygen atoms in total. The van der Waals surface area contributed by atoms with Crippen molar-refractivity contribution in [2.24, 2.45) is 0 Å². The zero-order chi connectivity index (χ0) is 18.2. The van der Waals surface area contributed by atoms with E-state index in [4.69, 9.17) is 27.6 Å². The van der Waals surface area contributed by atoms with Crippen LogP contribution in [0.5, 0.6) is 0 Å². The molecular weight excluding hydrogens is 409 g/mol. The number of aromatic nitrogens is 2. The lowest BCUT2D eigenvalue weighted by molar-refractivity contribution is 0.102. The topological polar surface area (TPSA) is 102 Å². The van der Waals surface area contributed by atoms with Gasteiger partial charge in [-0.25, -0.2) is 8.42 Å². The molecule has 130 valence electrons. The minimum atomic E-state index is -3.49. The van der Waals surface area contributed by atoms with Crippen LogP contribution >= 0.6 is 34.5 Å². The Morgan fingerprint density at radius 1 is 1.24 bits per heavy atom. The lowest BCUT2D eigenvalue weighted by Crippen LogP contribution is -2.11. The Balaban J connectivity index is 1.89. The summed E-state index contributed by atoms with van der Waals surface area (Å²) in [6.45, 7) is 0. The van der Waals surface area contributed by atoms with Crippen LogP contribution in [0.2, 0.25) is 8.67 Å². The molecule has 1 aromatic carbocycles. The molecule has 11 heteroatoms. The van der Waals surface area contributed by atoms with Crippen LogP contribution in [0.15, 0.2) is 39.6 Å². The van der Waals surface area contributed by atoms with Crippen LogP contribution in [0.25, 0.3) is 11.5 Å². The lowest BCUT2D eigenvalue weighted by Gasteiger charge is -2.03. The van der Waals surface area contributed by atoms with Crippen LogP contribution in [-0.2, 0) is 9.84 Å². The number of amides is 1. The van der Waals surface area contributed by atoms with E-state index in [1.807, 2.05) is 0 Å². The largest absolute Gasteiger partial charge is 0.403 e. The third kappa shape index (κ3) is 3.84. The van der Waals surface area contributed by atoms with E-state index < -0.39 is 15.7 Å². The predicted octanol–water partition coefficient (Wildman–Crippen LogP) is 3.76. The van der Waals surface area contributed by atoms with Crippen LogP contribution in [0.3, 0.4) is 0 Å². The average Bonchev–Trinajstić information content (AvgIpc) is 3.12. The minimum Gasteiger partial charge on any atom is -0.403 e. The van der Waals surface area contributed by atoms with Gasteiger partial charge in [0.2, 0.25) is 0 Å². The van der Waals surface area contributed by atoms with E-state index >= 15 is 0 Å². The number of sulfone groups is 1. The molecule has 2 heterocycles. The normalized spacial score (nSPS) is 11.5. The molecule has 2 aromatic heterocycles. The number of nitrogens with one attached hydrogen (secondary N) is 1. The fraction of sp³-hybridized carbons (Fsp3) is 0.0714. The van der Waals surface area contributed by atoms with E-state index in [0.717, 1.165) is 17.6 Å². The van der Waals surface area contributed by atoms with Crippen molar-refractivity contribution in [3.8, 4) is 11.5 Å². The number of carbonyl (C=O) groups is 1. The summed E-state index contributed by atoms with van der Waals surface area (Å²) < 4.78 is 29.6. The van der Waals surface area contributed by atoms with Crippen molar-refractivity contribution >= 4 is 56.3 Å². The van der Waals surface area contributed by atoms with E-state index in [1.54, 1.807) is 12.1 Å². The molecule has 3 aromatic rings. The zero-order valence-electron chi connectivity index (χ0n) is 12.5. The van der Waals surface area contributed by atoms with Crippen molar-refractivity contribution in [3.05, 3.63) is 44.6 Å². The van der Waals surface area contributed by atoms with Crippen LogP contribution in [0.4, 0.5) is 6.01 Å². The van der Waals surface area contributed by atoms with Gasteiger partial charge in [-0.2, -0.15) is 0 Å². The third-order valence-electron chi connectivity index (χ3n) is 3.06. The molecule has 0 radical (unpaired) electrons. The van der Waals surface area contributed by atoms with Crippen molar-refractivity contribution in [1.29, 1.82) is 0 Å². The lowest BCUT2D eigenvalue weighted by atomic mass is 10.2. The summed E-state index contributed by atoms with van der Waals surface area (Å²) in [6.07, 6.45) is 1.08. The Morgan fingerprint density at radius 2 is 1.96 bits per heavy atom. The van der Waals surface area contributed by atoms with Gasteiger partial charge in [0.05, 0.1) is 20.4 Å². The van der Waals surface area contributed by atoms with Gasteiger partial charge in [0.25, 0.3) is 11.8 Å². The van der Waals surface area contributed by atoms with Gasteiger partial charge in [-0.15, -0.1) is 16.4 Å². The monoisotopic (exact) mass is 417 g/mol. The highest BCUT2D eigenvalue weighted by atomic mass is 35.5. The summed E-state index contributed by atoms with van der Waals surface area (Å²) >= 11 is 12.8. The second kappa shape index (κ2) is 6.75. The second-order valence-corrected chi connectivity index (χ2v) is 9.14. The second-order valence-electron chi connectivity index (χ2n) is 4.87. The SMILES string of the molecule is CS(=O)(=O)c1ccccc1-c1nnc(NC(=O)c2cc(Cl)sc2Cl)o1. The summed E-state index contributed by atoms with van der Waals surface area (Å²) in [6, 6.07) is 7.41. The standard InChI is InChI=1S/C14H9Cl2N3O4S2/c1-25(21,22)9-5-3-2-4-7(9)13-18-19-14(23-13)17-12(20)8-6-10(15)24-11(8)16/h2-6H,1H3,(H,17,19,20). The number of halogens is 2. The van der Waals surface area contributed by atoms with E-state index in [0.29, 0.717) is 4.34 Å². The number of anilines is 1. The highest BCUT2D eigenvalue weighted by Gasteiger charge is 2.20. The van der Waals surface area contributed by atoms with Crippen molar-refractivity contribution in [1.82, 2.24) is 10.2 Å². The van der Waals surface area contributed by atoms with E-state index in [-0.39, 0.29) is 32.3 Å². The van der Waals surface area contributed by atoms with Gasteiger partial charge in [0.1, 0.15) is 4.34 Å². The Labute approximate surface area is 156 Å². The molecule has 0 aliphatic carbocycles. The fourth-order valence-corrected chi connectivity index (χ4v) is 4.35. The number of hydrogen-bond donors (Lipinski definition) is 1. The van der Waals surface area contributed by atoms with Gasteiger partial charge in [-0.05, 0) is 18.2 Å². The molecular formula is C14H9Cl2N3O4S2. The molecule has 0 spiro atoms. The summed E-state index contributed by atoms with van der Waals surface area (Å²) in [5.41, 5.74) is 0.419. The Kier molecular flexibility index (Phi) is 4.83. The molecule has 0 aliphatic heterocycles. The number of hydrogen-bond acceptors (Lipinski definition) is 7.